The molecule has 2 aromatic carbocycles. The van der Waals surface area contributed by atoms with Crippen LogP contribution in [0.3, 0.4) is 0 Å². The Kier molecular flexibility index (Phi) is 8.81. The maximum absolute atomic E-state index is 11.9. The number of benzene rings is 2. The molecule has 0 saturated carbocycles. The summed E-state index contributed by atoms with van der Waals surface area (Å²) in [5.74, 6) is 0.895. The summed E-state index contributed by atoms with van der Waals surface area (Å²) in [6.45, 7) is 7.88. The summed E-state index contributed by atoms with van der Waals surface area (Å²) in [6, 6.07) is 18.5. The number of aliphatic hydroxyl groups is 1. The summed E-state index contributed by atoms with van der Waals surface area (Å²) in [5, 5.41) is 11.9. The van der Waals surface area contributed by atoms with Gasteiger partial charge in [-0.1, -0.05) is 55.8 Å². The van der Waals surface area contributed by atoms with Gasteiger partial charge in [-0.2, -0.15) is 0 Å². The molecule has 2 unspecified atom stereocenters. The first kappa shape index (κ1) is 22.7. The minimum atomic E-state index is -0.899. The van der Waals surface area contributed by atoms with Crippen LogP contribution < -0.4 is 4.74 Å². The van der Waals surface area contributed by atoms with Crippen molar-refractivity contribution in [1.82, 2.24) is 4.90 Å². The van der Waals surface area contributed by atoms with E-state index in [0.717, 1.165) is 30.9 Å². The third-order valence-corrected chi connectivity index (χ3v) is 5.87. The van der Waals surface area contributed by atoms with E-state index in [0.29, 0.717) is 13.0 Å². The van der Waals surface area contributed by atoms with Gasteiger partial charge in [0.1, 0.15) is 5.75 Å². The van der Waals surface area contributed by atoms with E-state index in [-0.39, 0.29) is 18.3 Å². The molecule has 0 amide bonds. The van der Waals surface area contributed by atoms with E-state index in [1.54, 1.807) is 0 Å². The summed E-state index contributed by atoms with van der Waals surface area (Å²) in [7, 11) is 0. The topological polar surface area (TPSA) is 32.7 Å². The second kappa shape index (κ2) is 10.8. The van der Waals surface area contributed by atoms with E-state index < -0.39 is 5.60 Å². The number of nitrogens with zero attached hydrogens (tertiary/aromatic N) is 1. The van der Waals surface area contributed by atoms with Crippen molar-refractivity contribution >= 4 is 12.4 Å². The third kappa shape index (κ3) is 5.28. The molecule has 28 heavy (non-hydrogen) atoms. The van der Waals surface area contributed by atoms with E-state index in [1.165, 1.54) is 24.8 Å². The molecule has 1 fully saturated rings. The van der Waals surface area contributed by atoms with E-state index in [2.05, 4.69) is 36.1 Å². The molecule has 1 aliphatic rings. The van der Waals surface area contributed by atoms with Gasteiger partial charge in [0.15, 0.2) is 0 Å². The highest BCUT2D eigenvalue weighted by molar-refractivity contribution is 5.85. The normalized spacial score (nSPS) is 18.0. The van der Waals surface area contributed by atoms with Crippen LogP contribution in [0.4, 0.5) is 0 Å². The van der Waals surface area contributed by atoms with Crippen LogP contribution >= 0.6 is 12.4 Å². The highest BCUT2D eigenvalue weighted by Crippen LogP contribution is 2.41. The Balaban J connectivity index is 0.00000280. The largest absolute Gasteiger partial charge is 0.494 e. The van der Waals surface area contributed by atoms with E-state index >= 15 is 0 Å². The van der Waals surface area contributed by atoms with Crippen molar-refractivity contribution in [1.29, 1.82) is 0 Å². The van der Waals surface area contributed by atoms with Crippen molar-refractivity contribution in [3.05, 3.63) is 65.7 Å². The molecule has 1 saturated heterocycles. The molecule has 0 aliphatic carbocycles. The zero-order valence-corrected chi connectivity index (χ0v) is 18.0. The summed E-state index contributed by atoms with van der Waals surface area (Å²) in [4.78, 5) is 2.52. The quantitative estimate of drug-likeness (QED) is 0.642. The molecule has 0 radical (unpaired) electrons. The highest BCUT2D eigenvalue weighted by atomic mass is 35.5. The van der Waals surface area contributed by atoms with Crippen molar-refractivity contribution < 1.29 is 9.84 Å². The zero-order valence-electron chi connectivity index (χ0n) is 17.1. The number of ether oxygens (including phenoxy) is 1. The average Bonchev–Trinajstić information content (AvgIpc) is 2.73. The van der Waals surface area contributed by atoms with Crippen LogP contribution in [0.15, 0.2) is 54.6 Å². The SMILES string of the molecule is CCOc1ccc(C(O)(CC)C(CN2CCCCC2)c2ccccc2)cc1.Cl. The number of hydrogen-bond donors (Lipinski definition) is 1. The van der Waals surface area contributed by atoms with Gasteiger partial charge in [0, 0.05) is 12.5 Å². The maximum Gasteiger partial charge on any atom is 0.119 e. The maximum atomic E-state index is 11.9. The molecule has 2 aromatic rings. The fraction of sp³-hybridized carbons (Fsp3) is 0.500. The van der Waals surface area contributed by atoms with Gasteiger partial charge in [-0.25, -0.2) is 0 Å². The molecular weight excluding hydrogens is 370 g/mol. The van der Waals surface area contributed by atoms with E-state index in [1.807, 2.05) is 37.3 Å². The van der Waals surface area contributed by atoms with Crippen molar-refractivity contribution in [2.24, 2.45) is 0 Å². The standard InChI is InChI=1S/C24H33NO2.ClH/c1-3-24(26,21-13-15-22(16-14-21)27-4-2)23(20-11-7-5-8-12-20)19-25-17-9-6-10-18-25;/h5,7-8,11-16,23,26H,3-4,6,9-10,17-19H2,1-2H3;1H. The minimum Gasteiger partial charge on any atom is -0.494 e. The van der Waals surface area contributed by atoms with Crippen LogP contribution in [-0.4, -0.2) is 36.2 Å². The fourth-order valence-corrected chi connectivity index (χ4v) is 4.28. The predicted octanol–water partition coefficient (Wildman–Crippen LogP) is 5.37. The Morgan fingerprint density at radius 1 is 0.964 bits per heavy atom. The number of hydrogen-bond acceptors (Lipinski definition) is 3. The molecule has 2 atom stereocenters. The summed E-state index contributed by atoms with van der Waals surface area (Å²) >= 11 is 0. The van der Waals surface area contributed by atoms with Crippen LogP contribution in [0.25, 0.3) is 0 Å². The smallest absolute Gasteiger partial charge is 0.119 e. The van der Waals surface area contributed by atoms with Crippen LogP contribution in [-0.2, 0) is 5.60 Å². The zero-order chi connectivity index (χ0) is 19.1. The molecule has 4 heteroatoms. The van der Waals surface area contributed by atoms with Crippen LogP contribution in [0.2, 0.25) is 0 Å². The highest BCUT2D eigenvalue weighted by Gasteiger charge is 2.39. The van der Waals surface area contributed by atoms with Crippen molar-refractivity contribution in [2.75, 3.05) is 26.2 Å². The Labute approximate surface area is 176 Å². The Morgan fingerprint density at radius 3 is 2.18 bits per heavy atom. The minimum absolute atomic E-state index is 0. The van der Waals surface area contributed by atoms with Gasteiger partial charge in [0.2, 0.25) is 0 Å². The van der Waals surface area contributed by atoms with Gasteiger partial charge in [-0.05, 0) is 62.5 Å². The lowest BCUT2D eigenvalue weighted by Crippen LogP contribution is -2.42. The number of rotatable bonds is 8. The lowest BCUT2D eigenvalue weighted by Gasteiger charge is -2.40. The second-order valence-electron chi connectivity index (χ2n) is 7.56. The van der Waals surface area contributed by atoms with Crippen molar-refractivity contribution in [2.45, 2.75) is 51.0 Å². The lowest BCUT2D eigenvalue weighted by atomic mass is 9.75. The summed E-state index contributed by atoms with van der Waals surface area (Å²) in [6.07, 6.45) is 4.52. The van der Waals surface area contributed by atoms with Crippen molar-refractivity contribution in [3.8, 4) is 5.75 Å². The Bertz CT molecular complexity index is 686. The van der Waals surface area contributed by atoms with Gasteiger partial charge in [0.25, 0.3) is 0 Å². The van der Waals surface area contributed by atoms with E-state index in [9.17, 15) is 5.11 Å². The second-order valence-corrected chi connectivity index (χ2v) is 7.56. The van der Waals surface area contributed by atoms with Gasteiger partial charge in [0.05, 0.1) is 12.2 Å². The Morgan fingerprint density at radius 2 is 1.61 bits per heavy atom. The molecule has 1 N–H and O–H groups in total. The molecular formula is C24H34ClNO2. The molecule has 1 heterocycles. The number of piperidine rings is 1. The monoisotopic (exact) mass is 403 g/mol. The van der Waals surface area contributed by atoms with Gasteiger partial charge >= 0.3 is 0 Å². The first-order valence-electron chi connectivity index (χ1n) is 10.4. The summed E-state index contributed by atoms with van der Waals surface area (Å²) < 4.78 is 5.58. The van der Waals surface area contributed by atoms with Gasteiger partial charge in [-0.15, -0.1) is 12.4 Å². The Hall–Kier alpha value is -1.55. The van der Waals surface area contributed by atoms with Crippen LogP contribution in [0.1, 0.15) is 56.6 Å². The molecule has 3 nitrogen and oxygen atoms in total. The molecule has 0 aromatic heterocycles. The third-order valence-electron chi connectivity index (χ3n) is 5.87. The number of likely N-dealkylation sites (tertiary alicyclic amines) is 1. The molecule has 1 aliphatic heterocycles. The van der Waals surface area contributed by atoms with Crippen molar-refractivity contribution in [3.63, 3.8) is 0 Å². The molecule has 3 rings (SSSR count). The van der Waals surface area contributed by atoms with Crippen LogP contribution in [0.5, 0.6) is 5.75 Å². The summed E-state index contributed by atoms with van der Waals surface area (Å²) in [5.41, 5.74) is 1.28. The van der Waals surface area contributed by atoms with Crippen LogP contribution in [0, 0.1) is 0 Å². The molecule has 0 spiro atoms. The average molecular weight is 404 g/mol. The van der Waals surface area contributed by atoms with Gasteiger partial charge < -0.3 is 14.7 Å². The fourth-order valence-electron chi connectivity index (χ4n) is 4.28. The predicted molar refractivity (Wildman–Crippen MR) is 119 cm³/mol. The lowest BCUT2D eigenvalue weighted by molar-refractivity contribution is -0.0105. The first-order valence-corrected chi connectivity index (χ1v) is 10.4. The van der Waals surface area contributed by atoms with E-state index in [4.69, 9.17) is 4.74 Å². The van der Waals surface area contributed by atoms with Gasteiger partial charge in [-0.3, -0.25) is 0 Å². The first-order chi connectivity index (χ1) is 13.2. The molecule has 154 valence electrons. The number of halogens is 1. The molecule has 0 bridgehead atoms.